The summed E-state index contributed by atoms with van der Waals surface area (Å²) >= 11 is 0. The summed E-state index contributed by atoms with van der Waals surface area (Å²) in [6.07, 6.45) is 0. The van der Waals surface area contributed by atoms with E-state index in [1.165, 1.54) is 37.4 Å². The molecule has 142 valence electrons. The molecule has 0 unspecified atom stereocenters. The predicted molar refractivity (Wildman–Crippen MR) is 93.0 cm³/mol. The molecule has 0 spiro atoms. The van der Waals surface area contributed by atoms with Crippen LogP contribution >= 0.6 is 0 Å². The number of methoxy groups -OCH3 is 1. The lowest BCUT2D eigenvalue weighted by Gasteiger charge is -2.11. The van der Waals surface area contributed by atoms with Gasteiger partial charge in [0.25, 0.3) is 11.4 Å². The highest BCUT2D eigenvalue weighted by molar-refractivity contribution is 5.95. The Morgan fingerprint density at radius 3 is 2.22 bits per heavy atom. The van der Waals surface area contributed by atoms with Gasteiger partial charge in [-0.3, -0.25) is 20.2 Å². The van der Waals surface area contributed by atoms with Gasteiger partial charge < -0.3 is 14.2 Å². The van der Waals surface area contributed by atoms with Crippen LogP contribution < -0.4 is 9.47 Å². The van der Waals surface area contributed by atoms with E-state index in [1.807, 2.05) is 0 Å². The molecule has 2 rings (SSSR count). The number of benzene rings is 2. The maximum Gasteiger partial charge on any atom is 0.345 e. The molecular weight excluding hydrogens is 360 g/mol. The fourth-order valence-corrected chi connectivity index (χ4v) is 2.23. The summed E-state index contributed by atoms with van der Waals surface area (Å²) in [7, 11) is 1.33. The maximum atomic E-state index is 12.3. The van der Waals surface area contributed by atoms with Crippen molar-refractivity contribution in [2.24, 2.45) is 0 Å². The Balaban J connectivity index is 2.24. The summed E-state index contributed by atoms with van der Waals surface area (Å²) in [4.78, 5) is 33.0. The van der Waals surface area contributed by atoms with Crippen LogP contribution in [0.1, 0.15) is 22.8 Å². The fourth-order valence-electron chi connectivity index (χ4n) is 2.23. The second-order valence-corrected chi connectivity index (χ2v) is 5.21. The highest BCUT2D eigenvalue weighted by Crippen LogP contribution is 2.35. The van der Waals surface area contributed by atoms with Gasteiger partial charge in [0.05, 0.1) is 29.6 Å². The minimum absolute atomic E-state index is 0.0998. The average molecular weight is 376 g/mol. The minimum Gasteiger partial charge on any atom is -0.493 e. The van der Waals surface area contributed by atoms with Gasteiger partial charge in [-0.05, 0) is 24.6 Å². The molecular formula is C17H16N2O8. The summed E-state index contributed by atoms with van der Waals surface area (Å²) in [6.45, 7) is 1.78. The van der Waals surface area contributed by atoms with Crippen LogP contribution in [0, 0.1) is 20.2 Å². The molecule has 0 aromatic heterocycles. The van der Waals surface area contributed by atoms with Crippen LogP contribution in [0.2, 0.25) is 0 Å². The van der Waals surface area contributed by atoms with Crippen LogP contribution in [-0.2, 0) is 11.3 Å². The highest BCUT2D eigenvalue weighted by Gasteiger charge is 2.26. The van der Waals surface area contributed by atoms with E-state index in [9.17, 15) is 25.0 Å². The second kappa shape index (κ2) is 8.61. The van der Waals surface area contributed by atoms with Gasteiger partial charge in [0.1, 0.15) is 12.2 Å². The van der Waals surface area contributed by atoms with Crippen molar-refractivity contribution in [2.75, 3.05) is 13.7 Å². The van der Waals surface area contributed by atoms with Gasteiger partial charge in [-0.15, -0.1) is 0 Å². The molecule has 0 amide bonds. The molecule has 0 aliphatic heterocycles. The number of nitro benzene ring substituents is 2. The van der Waals surface area contributed by atoms with Crippen LogP contribution in [0.3, 0.4) is 0 Å². The van der Waals surface area contributed by atoms with Crippen molar-refractivity contribution >= 4 is 17.3 Å². The van der Waals surface area contributed by atoms with Crippen molar-refractivity contribution in [1.82, 2.24) is 0 Å². The number of carbonyl (C=O) groups is 1. The number of non-ortho nitro benzene ring substituents is 1. The predicted octanol–water partition coefficient (Wildman–Crippen LogP) is 3.27. The molecule has 0 N–H and O–H groups in total. The topological polar surface area (TPSA) is 131 Å². The normalized spacial score (nSPS) is 10.1. The number of esters is 1. The van der Waals surface area contributed by atoms with E-state index < -0.39 is 21.5 Å². The lowest BCUT2D eigenvalue weighted by Crippen LogP contribution is -2.10. The van der Waals surface area contributed by atoms with E-state index in [-0.39, 0.29) is 36.0 Å². The first-order valence-corrected chi connectivity index (χ1v) is 7.77. The van der Waals surface area contributed by atoms with Crippen molar-refractivity contribution in [1.29, 1.82) is 0 Å². The van der Waals surface area contributed by atoms with Gasteiger partial charge in [0.15, 0.2) is 11.5 Å². The SMILES string of the molecule is CCOc1cc(C(=O)OCc2ccc([N+](=O)[O-])cc2)c([N+](=O)[O-])cc1OC. The van der Waals surface area contributed by atoms with Crippen molar-refractivity contribution < 1.29 is 28.9 Å². The Morgan fingerprint density at radius 1 is 1.04 bits per heavy atom. The van der Waals surface area contributed by atoms with E-state index in [4.69, 9.17) is 14.2 Å². The number of nitrogens with zero attached hydrogens (tertiary/aromatic N) is 2. The molecule has 0 atom stereocenters. The van der Waals surface area contributed by atoms with Gasteiger partial charge in [-0.1, -0.05) is 0 Å². The van der Waals surface area contributed by atoms with Crippen LogP contribution in [0.5, 0.6) is 11.5 Å². The molecule has 2 aromatic rings. The quantitative estimate of drug-likeness (QED) is 0.390. The van der Waals surface area contributed by atoms with Crippen molar-refractivity contribution in [3.8, 4) is 11.5 Å². The summed E-state index contributed by atoms with van der Waals surface area (Å²) < 4.78 is 15.5. The molecule has 0 saturated heterocycles. The number of hydrogen-bond donors (Lipinski definition) is 0. The third kappa shape index (κ3) is 4.69. The lowest BCUT2D eigenvalue weighted by atomic mass is 10.1. The molecule has 0 aliphatic rings. The van der Waals surface area contributed by atoms with Gasteiger partial charge in [-0.25, -0.2) is 4.79 Å². The van der Waals surface area contributed by atoms with Crippen LogP contribution in [-0.4, -0.2) is 29.5 Å². The second-order valence-electron chi connectivity index (χ2n) is 5.21. The first kappa shape index (κ1) is 19.6. The van der Waals surface area contributed by atoms with Crippen molar-refractivity contribution in [2.45, 2.75) is 13.5 Å². The summed E-state index contributed by atoms with van der Waals surface area (Å²) in [6, 6.07) is 7.68. The van der Waals surface area contributed by atoms with E-state index in [0.29, 0.717) is 5.56 Å². The fraction of sp³-hybridized carbons (Fsp3) is 0.235. The third-order valence-electron chi connectivity index (χ3n) is 3.52. The standard InChI is InChI=1S/C17H16N2O8/c1-3-26-16-8-13(14(19(23)24)9-15(16)25-2)17(20)27-10-11-4-6-12(7-5-11)18(21)22/h4-9H,3,10H2,1-2H3. The maximum absolute atomic E-state index is 12.3. The van der Waals surface area contributed by atoms with E-state index in [1.54, 1.807) is 6.92 Å². The Kier molecular flexibility index (Phi) is 6.26. The number of ether oxygens (including phenoxy) is 3. The van der Waals surface area contributed by atoms with Crippen molar-refractivity contribution in [3.05, 3.63) is 67.8 Å². The molecule has 27 heavy (non-hydrogen) atoms. The highest BCUT2D eigenvalue weighted by atomic mass is 16.6. The Bertz CT molecular complexity index is 864. The zero-order chi connectivity index (χ0) is 20.0. The van der Waals surface area contributed by atoms with E-state index >= 15 is 0 Å². The smallest absolute Gasteiger partial charge is 0.345 e. The van der Waals surface area contributed by atoms with E-state index in [0.717, 1.165) is 6.07 Å². The third-order valence-corrected chi connectivity index (χ3v) is 3.52. The van der Waals surface area contributed by atoms with Gasteiger partial charge in [0.2, 0.25) is 0 Å². The molecule has 0 heterocycles. The van der Waals surface area contributed by atoms with Gasteiger partial charge in [0, 0.05) is 18.2 Å². The van der Waals surface area contributed by atoms with E-state index in [2.05, 4.69) is 0 Å². The average Bonchev–Trinajstić information content (AvgIpc) is 2.66. The molecule has 0 fully saturated rings. The molecule has 0 aliphatic carbocycles. The molecule has 2 aromatic carbocycles. The van der Waals surface area contributed by atoms with Gasteiger partial charge >= 0.3 is 5.97 Å². The zero-order valence-electron chi connectivity index (χ0n) is 14.5. The van der Waals surface area contributed by atoms with Crippen molar-refractivity contribution in [3.63, 3.8) is 0 Å². The van der Waals surface area contributed by atoms with Crippen LogP contribution in [0.25, 0.3) is 0 Å². The monoisotopic (exact) mass is 376 g/mol. The summed E-state index contributed by atoms with van der Waals surface area (Å²) in [5.74, 6) is -0.632. The Labute approximate surface area is 153 Å². The lowest BCUT2D eigenvalue weighted by molar-refractivity contribution is -0.385. The summed E-state index contributed by atoms with van der Waals surface area (Å²) in [5.41, 5.74) is -0.373. The Morgan fingerprint density at radius 2 is 1.70 bits per heavy atom. The first-order chi connectivity index (χ1) is 12.9. The largest absolute Gasteiger partial charge is 0.493 e. The number of rotatable bonds is 8. The molecule has 0 saturated carbocycles. The van der Waals surface area contributed by atoms with Crippen LogP contribution in [0.15, 0.2) is 36.4 Å². The zero-order valence-corrected chi connectivity index (χ0v) is 14.5. The van der Waals surface area contributed by atoms with Crippen LogP contribution in [0.4, 0.5) is 11.4 Å². The summed E-state index contributed by atoms with van der Waals surface area (Å²) in [5, 5.41) is 21.9. The van der Waals surface area contributed by atoms with Gasteiger partial charge in [-0.2, -0.15) is 0 Å². The molecule has 0 radical (unpaired) electrons. The molecule has 10 nitrogen and oxygen atoms in total. The number of hydrogen-bond acceptors (Lipinski definition) is 8. The Hall–Kier alpha value is -3.69. The minimum atomic E-state index is -0.927. The molecule has 10 heteroatoms. The first-order valence-electron chi connectivity index (χ1n) is 7.77. The molecule has 0 bridgehead atoms. The number of carbonyl (C=O) groups excluding carboxylic acids is 1. The number of nitro groups is 2.